The van der Waals surface area contributed by atoms with E-state index in [1.54, 1.807) is 0 Å². The number of ether oxygens (including phenoxy) is 1. The molecule has 0 saturated carbocycles. The Hall–Kier alpha value is -2.27. The van der Waals surface area contributed by atoms with E-state index in [-0.39, 0.29) is 17.2 Å². The summed E-state index contributed by atoms with van der Waals surface area (Å²) in [5.74, 6) is 0.987. The number of likely N-dealkylation sites (tertiary alicyclic amines) is 1. The normalized spacial score (nSPS) is 22.1. The van der Waals surface area contributed by atoms with Crippen LogP contribution < -0.4 is 0 Å². The second-order valence-corrected chi connectivity index (χ2v) is 7.76. The van der Waals surface area contributed by atoms with Gasteiger partial charge in [0.15, 0.2) is 5.82 Å². The van der Waals surface area contributed by atoms with Crippen LogP contribution in [-0.4, -0.2) is 40.5 Å². The first-order chi connectivity index (χ1) is 12.5. The second kappa shape index (κ2) is 6.47. The van der Waals surface area contributed by atoms with E-state index < -0.39 is 0 Å². The highest BCUT2D eigenvalue weighted by molar-refractivity contribution is 5.78. The van der Waals surface area contributed by atoms with E-state index in [1.807, 2.05) is 56.0 Å². The van der Waals surface area contributed by atoms with Gasteiger partial charge in [-0.15, -0.1) is 0 Å². The summed E-state index contributed by atoms with van der Waals surface area (Å²) in [6.45, 7) is 8.56. The predicted molar refractivity (Wildman–Crippen MR) is 99.6 cm³/mol. The number of amides is 1. The molecule has 1 atom stereocenters. The van der Waals surface area contributed by atoms with Gasteiger partial charge in [0.25, 0.3) is 0 Å². The van der Waals surface area contributed by atoms with Crippen molar-refractivity contribution >= 4 is 5.91 Å². The molecule has 0 bridgehead atoms. The van der Waals surface area contributed by atoms with Crippen molar-refractivity contribution in [2.24, 2.45) is 5.92 Å². The molecule has 2 aromatic rings. The molecule has 2 aliphatic heterocycles. The van der Waals surface area contributed by atoms with Gasteiger partial charge in [-0.25, -0.2) is 9.97 Å². The molecular formula is C21H25N3O2. The van der Waals surface area contributed by atoms with Crippen molar-refractivity contribution < 1.29 is 9.53 Å². The molecule has 1 fully saturated rings. The summed E-state index contributed by atoms with van der Waals surface area (Å²) in [6, 6.07) is 10.1. The zero-order chi connectivity index (χ0) is 18.3. The molecule has 0 radical (unpaired) electrons. The van der Waals surface area contributed by atoms with Crippen LogP contribution >= 0.6 is 0 Å². The van der Waals surface area contributed by atoms with Gasteiger partial charge in [0.1, 0.15) is 0 Å². The van der Waals surface area contributed by atoms with Gasteiger partial charge in [-0.2, -0.15) is 0 Å². The first-order valence-electron chi connectivity index (χ1n) is 9.30. The maximum atomic E-state index is 12.5. The highest BCUT2D eigenvalue weighted by atomic mass is 16.5. The smallest absolute Gasteiger partial charge is 0.225 e. The standard InChI is InChI=1S/C21H25N3O2/c1-14(2)20(25)24-10-9-21(12-24)13-26-11-17-15(3)22-19(23-18(17)21)16-7-5-4-6-8-16/h4-8,14H,9-13H2,1-3H3. The molecule has 3 heterocycles. The number of rotatable bonds is 2. The molecule has 136 valence electrons. The van der Waals surface area contributed by atoms with Crippen molar-refractivity contribution in [3.05, 3.63) is 47.3 Å². The molecule has 0 aliphatic carbocycles. The van der Waals surface area contributed by atoms with Crippen molar-refractivity contribution in [3.63, 3.8) is 0 Å². The molecule has 2 aliphatic rings. The van der Waals surface area contributed by atoms with E-state index in [1.165, 1.54) is 0 Å². The molecule has 1 unspecified atom stereocenters. The fourth-order valence-electron chi connectivity index (χ4n) is 4.08. The molecule has 5 heteroatoms. The summed E-state index contributed by atoms with van der Waals surface area (Å²) in [5, 5.41) is 0. The Morgan fingerprint density at radius 1 is 1.23 bits per heavy atom. The van der Waals surface area contributed by atoms with Gasteiger partial charge in [-0.3, -0.25) is 4.79 Å². The lowest BCUT2D eigenvalue weighted by molar-refractivity contribution is -0.133. The molecule has 1 aromatic heterocycles. The number of hydrogen-bond donors (Lipinski definition) is 0. The Morgan fingerprint density at radius 3 is 2.73 bits per heavy atom. The molecule has 1 amide bonds. The van der Waals surface area contributed by atoms with Gasteiger partial charge >= 0.3 is 0 Å². The average molecular weight is 351 g/mol. The number of carbonyl (C=O) groups is 1. The first kappa shape index (κ1) is 17.2. The lowest BCUT2D eigenvalue weighted by atomic mass is 9.80. The predicted octanol–water partition coefficient (Wildman–Crippen LogP) is 3.11. The molecule has 26 heavy (non-hydrogen) atoms. The number of aromatic nitrogens is 2. The van der Waals surface area contributed by atoms with E-state index in [0.29, 0.717) is 19.8 Å². The van der Waals surface area contributed by atoms with E-state index in [0.717, 1.165) is 41.3 Å². The van der Waals surface area contributed by atoms with Crippen molar-refractivity contribution in [2.75, 3.05) is 19.7 Å². The first-order valence-corrected chi connectivity index (χ1v) is 9.30. The highest BCUT2D eigenvalue weighted by Crippen LogP contribution is 2.40. The Labute approximate surface area is 154 Å². The fraction of sp³-hybridized carbons (Fsp3) is 0.476. The third-order valence-corrected chi connectivity index (χ3v) is 5.53. The quantitative estimate of drug-likeness (QED) is 0.834. The minimum absolute atomic E-state index is 0.0149. The number of aryl methyl sites for hydroxylation is 1. The topological polar surface area (TPSA) is 55.3 Å². The Kier molecular flexibility index (Phi) is 4.27. The fourth-order valence-corrected chi connectivity index (χ4v) is 4.08. The number of carbonyl (C=O) groups excluding carboxylic acids is 1. The zero-order valence-electron chi connectivity index (χ0n) is 15.7. The summed E-state index contributed by atoms with van der Waals surface area (Å²) in [5.41, 5.74) is 3.95. The summed E-state index contributed by atoms with van der Waals surface area (Å²) in [7, 11) is 0. The maximum absolute atomic E-state index is 12.5. The van der Waals surface area contributed by atoms with Crippen LogP contribution in [0.5, 0.6) is 0 Å². The highest BCUT2D eigenvalue weighted by Gasteiger charge is 2.46. The second-order valence-electron chi connectivity index (χ2n) is 7.76. The summed E-state index contributed by atoms with van der Waals surface area (Å²) < 4.78 is 5.93. The SMILES string of the molecule is Cc1nc(-c2ccccc2)nc2c1COCC21CCN(C(=O)C(C)C)C1. The van der Waals surface area contributed by atoms with Gasteiger partial charge in [-0.05, 0) is 13.3 Å². The summed E-state index contributed by atoms with van der Waals surface area (Å²) in [6.07, 6.45) is 0.892. The van der Waals surface area contributed by atoms with E-state index in [2.05, 4.69) is 0 Å². The largest absolute Gasteiger partial charge is 0.376 e. The zero-order valence-corrected chi connectivity index (χ0v) is 15.7. The van der Waals surface area contributed by atoms with Crippen LogP contribution in [0.25, 0.3) is 11.4 Å². The van der Waals surface area contributed by atoms with Crippen LogP contribution in [0.3, 0.4) is 0 Å². The lowest BCUT2D eigenvalue weighted by Crippen LogP contribution is -2.42. The number of nitrogens with zero attached hydrogens (tertiary/aromatic N) is 3. The average Bonchev–Trinajstić information content (AvgIpc) is 3.07. The number of benzene rings is 1. The van der Waals surface area contributed by atoms with Gasteiger partial charge in [-0.1, -0.05) is 44.2 Å². The minimum atomic E-state index is -0.213. The number of hydrogen-bond acceptors (Lipinski definition) is 4. The van der Waals surface area contributed by atoms with Crippen LogP contribution in [0, 0.1) is 12.8 Å². The Balaban J connectivity index is 1.76. The van der Waals surface area contributed by atoms with Crippen molar-refractivity contribution in [3.8, 4) is 11.4 Å². The van der Waals surface area contributed by atoms with E-state index in [4.69, 9.17) is 14.7 Å². The van der Waals surface area contributed by atoms with Gasteiger partial charge in [0, 0.05) is 35.8 Å². The van der Waals surface area contributed by atoms with Crippen LogP contribution in [0.1, 0.15) is 37.2 Å². The van der Waals surface area contributed by atoms with Crippen LogP contribution in [0.4, 0.5) is 0 Å². The third-order valence-electron chi connectivity index (χ3n) is 5.53. The van der Waals surface area contributed by atoms with Crippen molar-refractivity contribution in [2.45, 2.75) is 39.2 Å². The minimum Gasteiger partial charge on any atom is -0.376 e. The van der Waals surface area contributed by atoms with Crippen molar-refractivity contribution in [1.82, 2.24) is 14.9 Å². The molecular weight excluding hydrogens is 326 g/mol. The number of fused-ring (bicyclic) bond motifs is 2. The molecule has 1 spiro atoms. The molecule has 1 aromatic carbocycles. The van der Waals surface area contributed by atoms with E-state index >= 15 is 0 Å². The molecule has 0 N–H and O–H groups in total. The van der Waals surface area contributed by atoms with Gasteiger partial charge < -0.3 is 9.64 Å². The van der Waals surface area contributed by atoms with Crippen LogP contribution in [0.2, 0.25) is 0 Å². The van der Waals surface area contributed by atoms with Crippen LogP contribution in [0.15, 0.2) is 30.3 Å². The van der Waals surface area contributed by atoms with Gasteiger partial charge in [0.2, 0.25) is 5.91 Å². The summed E-state index contributed by atoms with van der Waals surface area (Å²) in [4.78, 5) is 24.2. The molecule has 5 nitrogen and oxygen atoms in total. The Morgan fingerprint density at radius 2 is 2.00 bits per heavy atom. The maximum Gasteiger partial charge on any atom is 0.225 e. The van der Waals surface area contributed by atoms with Crippen LogP contribution in [-0.2, 0) is 21.6 Å². The monoisotopic (exact) mass is 351 g/mol. The van der Waals surface area contributed by atoms with E-state index in [9.17, 15) is 4.79 Å². The third kappa shape index (κ3) is 2.80. The van der Waals surface area contributed by atoms with Crippen molar-refractivity contribution in [1.29, 1.82) is 0 Å². The molecule has 4 rings (SSSR count). The Bertz CT molecular complexity index is 835. The summed E-state index contributed by atoms with van der Waals surface area (Å²) >= 11 is 0. The molecule has 1 saturated heterocycles. The lowest BCUT2D eigenvalue weighted by Gasteiger charge is -2.35. The van der Waals surface area contributed by atoms with Gasteiger partial charge in [0.05, 0.1) is 24.3 Å².